The number of amides is 2. The fraction of sp³-hybridized carbons (Fsp3) is 0.125. The molecule has 0 saturated carbocycles. The molecule has 0 unspecified atom stereocenters. The Morgan fingerprint density at radius 2 is 1.76 bits per heavy atom. The number of hydrazone groups is 1. The summed E-state index contributed by atoms with van der Waals surface area (Å²) in [5.74, 6) is -0.365. The first-order valence-electron chi connectivity index (χ1n) is 9.85. The number of nitrogens with zero attached hydrogens (tertiary/aromatic N) is 1. The molecule has 33 heavy (non-hydrogen) atoms. The van der Waals surface area contributed by atoms with Crippen LogP contribution in [0, 0.1) is 6.92 Å². The third kappa shape index (κ3) is 7.89. The van der Waals surface area contributed by atoms with Crippen LogP contribution in [0.5, 0.6) is 5.75 Å². The van der Waals surface area contributed by atoms with Gasteiger partial charge in [-0.05, 0) is 70.4 Å². The van der Waals surface area contributed by atoms with Gasteiger partial charge in [0.05, 0.1) is 20.7 Å². The molecule has 6 nitrogen and oxygen atoms in total. The lowest BCUT2D eigenvalue weighted by molar-refractivity contribution is -0.126. The number of benzene rings is 3. The summed E-state index contributed by atoms with van der Waals surface area (Å²) in [6.07, 6.45) is 1.08. The van der Waals surface area contributed by atoms with Crippen LogP contribution in [0.2, 0.25) is 10.0 Å². The van der Waals surface area contributed by atoms with Gasteiger partial charge in [0.2, 0.25) is 11.8 Å². The second kappa shape index (κ2) is 11.8. The van der Waals surface area contributed by atoms with Crippen molar-refractivity contribution >= 4 is 62.8 Å². The molecule has 0 spiro atoms. The summed E-state index contributed by atoms with van der Waals surface area (Å²) in [6.45, 7) is 2.49. The maximum absolute atomic E-state index is 12.0. The molecule has 0 aromatic heterocycles. The molecule has 3 aromatic rings. The lowest BCUT2D eigenvalue weighted by Crippen LogP contribution is -2.24. The Kier molecular flexibility index (Phi) is 8.88. The standard InChI is InChI=1S/C24H20BrCl2N3O3/c1-15-2-4-16(5-3-15)14-33-22-9-6-17(10-19(22)25)13-28-30-24(32)12-23(31)29-18-7-8-20(26)21(27)11-18/h2-11,13H,12,14H2,1H3,(H,29,31)(H,30,32). The van der Waals surface area contributed by atoms with E-state index < -0.39 is 18.2 Å². The molecule has 9 heteroatoms. The number of anilines is 1. The van der Waals surface area contributed by atoms with E-state index >= 15 is 0 Å². The Morgan fingerprint density at radius 3 is 2.45 bits per heavy atom. The predicted molar refractivity (Wildman–Crippen MR) is 135 cm³/mol. The van der Waals surface area contributed by atoms with Crippen LogP contribution < -0.4 is 15.5 Å². The predicted octanol–water partition coefficient (Wildman–Crippen LogP) is 6.12. The van der Waals surface area contributed by atoms with Crippen LogP contribution in [0.1, 0.15) is 23.1 Å². The van der Waals surface area contributed by atoms with Crippen molar-refractivity contribution in [1.82, 2.24) is 5.43 Å². The second-order valence-corrected chi connectivity index (χ2v) is 8.78. The number of aryl methyl sites for hydroxylation is 1. The van der Waals surface area contributed by atoms with Gasteiger partial charge in [-0.1, -0.05) is 53.0 Å². The van der Waals surface area contributed by atoms with Crippen molar-refractivity contribution in [2.45, 2.75) is 20.0 Å². The van der Waals surface area contributed by atoms with Crippen LogP contribution in [0.3, 0.4) is 0 Å². The first kappa shape index (κ1) is 24.8. The minimum atomic E-state index is -0.555. The Hall–Kier alpha value is -2.87. The van der Waals surface area contributed by atoms with Crippen molar-refractivity contribution in [3.63, 3.8) is 0 Å². The summed E-state index contributed by atoms with van der Waals surface area (Å²) in [7, 11) is 0. The third-order valence-electron chi connectivity index (χ3n) is 4.40. The summed E-state index contributed by atoms with van der Waals surface area (Å²) in [5, 5.41) is 7.15. The smallest absolute Gasteiger partial charge is 0.249 e. The fourth-order valence-electron chi connectivity index (χ4n) is 2.70. The summed E-state index contributed by atoms with van der Waals surface area (Å²) < 4.78 is 6.60. The van der Waals surface area contributed by atoms with Gasteiger partial charge in [-0.15, -0.1) is 0 Å². The fourth-order valence-corrected chi connectivity index (χ4v) is 3.51. The van der Waals surface area contributed by atoms with Crippen LogP contribution in [0.4, 0.5) is 5.69 Å². The zero-order chi connectivity index (χ0) is 23.8. The van der Waals surface area contributed by atoms with Gasteiger partial charge in [0.25, 0.3) is 0 Å². The normalized spacial score (nSPS) is 10.8. The van der Waals surface area contributed by atoms with E-state index in [9.17, 15) is 9.59 Å². The quantitative estimate of drug-likeness (QED) is 0.202. The van der Waals surface area contributed by atoms with Crippen molar-refractivity contribution in [3.8, 4) is 5.75 Å². The van der Waals surface area contributed by atoms with Crippen LogP contribution in [0.25, 0.3) is 0 Å². The van der Waals surface area contributed by atoms with Crippen molar-refractivity contribution in [3.05, 3.63) is 91.9 Å². The lowest BCUT2D eigenvalue weighted by atomic mass is 10.2. The Labute approximate surface area is 210 Å². The molecule has 3 aromatic carbocycles. The molecule has 170 valence electrons. The average molecular weight is 549 g/mol. The molecular formula is C24H20BrCl2N3O3. The van der Waals surface area contributed by atoms with E-state index in [-0.39, 0.29) is 0 Å². The van der Waals surface area contributed by atoms with Gasteiger partial charge in [0.15, 0.2) is 0 Å². The molecule has 3 rings (SSSR count). The van der Waals surface area contributed by atoms with Gasteiger partial charge in [-0.25, -0.2) is 5.43 Å². The highest BCUT2D eigenvalue weighted by Crippen LogP contribution is 2.27. The third-order valence-corrected chi connectivity index (χ3v) is 5.76. The Morgan fingerprint density at radius 1 is 1.00 bits per heavy atom. The van der Waals surface area contributed by atoms with E-state index in [1.54, 1.807) is 12.1 Å². The average Bonchev–Trinajstić information content (AvgIpc) is 2.77. The molecule has 0 aliphatic carbocycles. The van der Waals surface area contributed by atoms with Crippen LogP contribution in [-0.4, -0.2) is 18.0 Å². The molecule has 0 aliphatic rings. The van der Waals surface area contributed by atoms with Crippen molar-refractivity contribution in [1.29, 1.82) is 0 Å². The van der Waals surface area contributed by atoms with Crippen LogP contribution >= 0.6 is 39.1 Å². The molecule has 0 heterocycles. The molecule has 0 aliphatic heterocycles. The number of carbonyl (C=O) groups is 2. The second-order valence-electron chi connectivity index (χ2n) is 7.11. The molecule has 0 bridgehead atoms. The van der Waals surface area contributed by atoms with Gasteiger partial charge in [0, 0.05) is 5.69 Å². The molecule has 2 N–H and O–H groups in total. The van der Waals surface area contributed by atoms with Gasteiger partial charge in [-0.2, -0.15) is 5.10 Å². The van der Waals surface area contributed by atoms with E-state index in [1.807, 2.05) is 49.4 Å². The molecular weight excluding hydrogens is 529 g/mol. The number of nitrogens with one attached hydrogen (secondary N) is 2. The maximum atomic E-state index is 12.0. The highest BCUT2D eigenvalue weighted by molar-refractivity contribution is 9.10. The van der Waals surface area contributed by atoms with Gasteiger partial charge in [-0.3, -0.25) is 9.59 Å². The van der Waals surface area contributed by atoms with E-state index in [1.165, 1.54) is 17.8 Å². The monoisotopic (exact) mass is 547 g/mol. The number of ether oxygens (including phenoxy) is 1. The number of halogens is 3. The number of hydrogen-bond acceptors (Lipinski definition) is 4. The van der Waals surface area contributed by atoms with Crippen molar-refractivity contribution in [2.75, 3.05) is 5.32 Å². The van der Waals surface area contributed by atoms with E-state index in [0.29, 0.717) is 28.1 Å². The molecule has 0 saturated heterocycles. The number of carbonyl (C=O) groups excluding carboxylic acids is 2. The zero-order valence-electron chi connectivity index (χ0n) is 17.6. The summed E-state index contributed by atoms with van der Waals surface area (Å²) >= 11 is 15.2. The minimum absolute atomic E-state index is 0.307. The minimum Gasteiger partial charge on any atom is -0.488 e. The Bertz CT molecular complexity index is 1180. The Balaban J connectivity index is 1.47. The van der Waals surface area contributed by atoms with E-state index in [2.05, 4.69) is 31.8 Å². The highest BCUT2D eigenvalue weighted by atomic mass is 79.9. The molecule has 0 atom stereocenters. The highest BCUT2D eigenvalue weighted by Gasteiger charge is 2.10. The van der Waals surface area contributed by atoms with Crippen LogP contribution in [0.15, 0.2) is 70.2 Å². The maximum Gasteiger partial charge on any atom is 0.249 e. The topological polar surface area (TPSA) is 79.8 Å². The first-order valence-corrected chi connectivity index (χ1v) is 11.4. The number of rotatable bonds is 8. The van der Waals surface area contributed by atoms with Crippen molar-refractivity contribution in [2.24, 2.45) is 5.10 Å². The van der Waals surface area contributed by atoms with Gasteiger partial charge in [0.1, 0.15) is 18.8 Å². The molecule has 0 fully saturated rings. The molecule has 2 amide bonds. The SMILES string of the molecule is Cc1ccc(COc2ccc(C=NNC(=O)CC(=O)Nc3ccc(Cl)c(Cl)c3)cc2Br)cc1. The lowest BCUT2D eigenvalue weighted by Gasteiger charge is -2.09. The van der Waals surface area contributed by atoms with Gasteiger partial charge < -0.3 is 10.1 Å². The van der Waals surface area contributed by atoms with Gasteiger partial charge >= 0.3 is 0 Å². The van der Waals surface area contributed by atoms with E-state index in [4.69, 9.17) is 27.9 Å². The summed E-state index contributed by atoms with van der Waals surface area (Å²) in [5.41, 5.74) is 5.79. The number of hydrogen-bond donors (Lipinski definition) is 2. The van der Waals surface area contributed by atoms with Crippen LogP contribution in [-0.2, 0) is 16.2 Å². The zero-order valence-corrected chi connectivity index (χ0v) is 20.7. The summed E-state index contributed by atoms with van der Waals surface area (Å²) in [6, 6.07) is 18.2. The molecule has 0 radical (unpaired) electrons. The van der Waals surface area contributed by atoms with Crippen molar-refractivity contribution < 1.29 is 14.3 Å². The largest absolute Gasteiger partial charge is 0.488 e. The van der Waals surface area contributed by atoms with E-state index in [0.717, 1.165) is 15.6 Å². The first-order chi connectivity index (χ1) is 15.8. The summed E-state index contributed by atoms with van der Waals surface area (Å²) in [4.78, 5) is 23.9.